The van der Waals surface area contributed by atoms with Crippen LogP contribution in [-0.2, 0) is 6.54 Å². The molecule has 6 nitrogen and oxygen atoms in total. The van der Waals surface area contributed by atoms with E-state index in [1.54, 1.807) is 11.6 Å². The summed E-state index contributed by atoms with van der Waals surface area (Å²) < 4.78 is 14.6. The van der Waals surface area contributed by atoms with Crippen LogP contribution in [-0.4, -0.2) is 25.8 Å². The van der Waals surface area contributed by atoms with Gasteiger partial charge in [0.1, 0.15) is 23.7 Å². The van der Waals surface area contributed by atoms with Crippen LogP contribution >= 0.6 is 0 Å². The lowest BCUT2D eigenvalue weighted by Gasteiger charge is -2.15. The zero-order valence-electron chi connectivity index (χ0n) is 11.9. The number of hydrogen-bond acceptors (Lipinski definition) is 4. The molecule has 7 heteroatoms. The number of rotatable bonds is 5. The quantitative estimate of drug-likeness (QED) is 0.883. The van der Waals surface area contributed by atoms with E-state index >= 15 is 0 Å². The minimum absolute atomic E-state index is 0.0183. The third-order valence-corrected chi connectivity index (χ3v) is 3.02. The Bertz CT molecular complexity index is 642. The number of phenols is 1. The largest absolute Gasteiger partial charge is 0.507 e. The number of hydrogen-bond donors (Lipinski definition) is 2. The van der Waals surface area contributed by atoms with E-state index in [1.165, 1.54) is 12.4 Å². The van der Waals surface area contributed by atoms with Crippen molar-refractivity contribution in [2.45, 2.75) is 32.9 Å². The van der Waals surface area contributed by atoms with Gasteiger partial charge in [0.05, 0.1) is 11.6 Å². The number of benzene rings is 1. The first-order valence-corrected chi connectivity index (χ1v) is 6.70. The fourth-order valence-electron chi connectivity index (χ4n) is 2.03. The van der Waals surface area contributed by atoms with Crippen molar-refractivity contribution in [1.29, 1.82) is 0 Å². The van der Waals surface area contributed by atoms with Gasteiger partial charge >= 0.3 is 0 Å². The van der Waals surface area contributed by atoms with Crippen molar-refractivity contribution in [2.75, 3.05) is 0 Å². The van der Waals surface area contributed by atoms with E-state index < -0.39 is 17.5 Å². The van der Waals surface area contributed by atoms with Crippen LogP contribution in [0.4, 0.5) is 4.39 Å². The summed E-state index contributed by atoms with van der Waals surface area (Å²) >= 11 is 0. The lowest BCUT2D eigenvalue weighted by molar-refractivity contribution is 0.0934. The van der Waals surface area contributed by atoms with Crippen molar-refractivity contribution in [2.24, 2.45) is 0 Å². The molecule has 1 heterocycles. The van der Waals surface area contributed by atoms with Gasteiger partial charge in [-0.05, 0) is 25.5 Å². The van der Waals surface area contributed by atoms with Gasteiger partial charge in [-0.1, -0.05) is 6.92 Å². The normalized spacial score (nSPS) is 12.1. The summed E-state index contributed by atoms with van der Waals surface area (Å²) in [5, 5.41) is 16.4. The summed E-state index contributed by atoms with van der Waals surface area (Å²) in [7, 11) is 0. The highest BCUT2D eigenvalue weighted by molar-refractivity contribution is 5.96. The molecule has 0 aliphatic carbocycles. The number of halogens is 1. The summed E-state index contributed by atoms with van der Waals surface area (Å²) in [4.78, 5) is 16.2. The smallest absolute Gasteiger partial charge is 0.255 e. The summed E-state index contributed by atoms with van der Waals surface area (Å²) in [6.45, 7) is 4.50. The molecule has 1 aromatic heterocycles. The molecule has 0 unspecified atom stereocenters. The first-order chi connectivity index (χ1) is 10.0. The Balaban J connectivity index is 2.13. The van der Waals surface area contributed by atoms with E-state index in [9.17, 15) is 14.3 Å². The number of nitrogens with one attached hydrogen (secondary N) is 1. The Hall–Kier alpha value is -2.44. The molecule has 1 amide bonds. The van der Waals surface area contributed by atoms with Gasteiger partial charge in [-0.25, -0.2) is 14.1 Å². The average molecular weight is 292 g/mol. The van der Waals surface area contributed by atoms with Crippen molar-refractivity contribution in [3.05, 3.63) is 41.7 Å². The van der Waals surface area contributed by atoms with Gasteiger partial charge in [0, 0.05) is 12.6 Å². The second-order valence-electron chi connectivity index (χ2n) is 4.70. The van der Waals surface area contributed by atoms with E-state index in [2.05, 4.69) is 15.4 Å². The Kier molecular flexibility index (Phi) is 4.52. The minimum atomic E-state index is -0.597. The fraction of sp³-hybridized carbons (Fsp3) is 0.357. The molecule has 0 saturated carbocycles. The maximum atomic E-state index is 12.9. The van der Waals surface area contributed by atoms with Gasteiger partial charge in [0.2, 0.25) is 0 Å². The fourth-order valence-corrected chi connectivity index (χ4v) is 2.03. The highest BCUT2D eigenvalue weighted by Gasteiger charge is 2.18. The maximum Gasteiger partial charge on any atom is 0.255 e. The van der Waals surface area contributed by atoms with Crippen LogP contribution in [0.2, 0.25) is 0 Å². The van der Waals surface area contributed by atoms with Gasteiger partial charge in [-0.3, -0.25) is 4.79 Å². The van der Waals surface area contributed by atoms with Crippen LogP contribution in [0.5, 0.6) is 5.75 Å². The molecule has 21 heavy (non-hydrogen) atoms. The van der Waals surface area contributed by atoms with E-state index in [-0.39, 0.29) is 11.6 Å². The van der Waals surface area contributed by atoms with E-state index in [0.29, 0.717) is 12.4 Å². The van der Waals surface area contributed by atoms with E-state index in [0.717, 1.165) is 18.6 Å². The van der Waals surface area contributed by atoms with Gasteiger partial charge < -0.3 is 10.4 Å². The molecular formula is C14H17FN4O2. The van der Waals surface area contributed by atoms with Crippen LogP contribution in [0.15, 0.2) is 24.5 Å². The van der Waals surface area contributed by atoms with Crippen molar-refractivity contribution >= 4 is 5.91 Å². The molecule has 0 saturated heterocycles. The average Bonchev–Trinajstić information content (AvgIpc) is 2.87. The van der Waals surface area contributed by atoms with Crippen molar-refractivity contribution in [1.82, 2.24) is 20.1 Å². The first kappa shape index (κ1) is 15.0. The highest BCUT2D eigenvalue weighted by Crippen LogP contribution is 2.19. The second kappa shape index (κ2) is 6.34. The van der Waals surface area contributed by atoms with Crippen LogP contribution in [0.3, 0.4) is 0 Å². The van der Waals surface area contributed by atoms with Crippen molar-refractivity contribution in [3.63, 3.8) is 0 Å². The van der Waals surface area contributed by atoms with Crippen LogP contribution < -0.4 is 5.32 Å². The third kappa shape index (κ3) is 3.36. The number of aromatic nitrogens is 3. The maximum absolute atomic E-state index is 12.9. The second-order valence-corrected chi connectivity index (χ2v) is 4.70. The predicted octanol–water partition coefficient (Wildman–Crippen LogP) is 2.02. The lowest BCUT2D eigenvalue weighted by Crippen LogP contribution is -2.29. The topological polar surface area (TPSA) is 80.0 Å². The number of carbonyl (C=O) groups excluding carboxylic acids is 1. The molecule has 0 spiro atoms. The molecule has 0 radical (unpaired) electrons. The van der Waals surface area contributed by atoms with E-state index in [4.69, 9.17) is 0 Å². The minimum Gasteiger partial charge on any atom is -0.507 e. The third-order valence-electron chi connectivity index (χ3n) is 3.02. The molecular weight excluding hydrogens is 275 g/mol. The standard InChI is InChI=1S/C14H17FN4O2/c1-3-6-19-13(16-8-17-19)9(2)18-14(21)11-5-4-10(15)7-12(11)20/h4-5,7-9,20H,3,6H2,1-2H3,(H,18,21)/t9-/m0/s1. The van der Waals surface area contributed by atoms with Crippen LogP contribution in [0.1, 0.15) is 42.5 Å². The molecule has 0 fully saturated rings. The molecule has 2 aromatic rings. The number of aromatic hydroxyl groups is 1. The van der Waals surface area contributed by atoms with Crippen molar-refractivity contribution in [3.8, 4) is 5.75 Å². The number of nitrogens with zero attached hydrogens (tertiary/aromatic N) is 3. The molecule has 0 bridgehead atoms. The van der Waals surface area contributed by atoms with Gasteiger partial charge in [0.15, 0.2) is 0 Å². The van der Waals surface area contributed by atoms with Crippen LogP contribution in [0, 0.1) is 5.82 Å². The molecule has 2 rings (SSSR count). The Morgan fingerprint density at radius 3 is 2.95 bits per heavy atom. The Morgan fingerprint density at radius 2 is 2.29 bits per heavy atom. The predicted molar refractivity (Wildman–Crippen MR) is 74.3 cm³/mol. The zero-order chi connectivity index (χ0) is 15.4. The summed E-state index contributed by atoms with van der Waals surface area (Å²) in [5.74, 6) is -0.854. The van der Waals surface area contributed by atoms with E-state index in [1.807, 2.05) is 6.92 Å². The number of carbonyl (C=O) groups is 1. The zero-order valence-corrected chi connectivity index (χ0v) is 11.9. The van der Waals surface area contributed by atoms with Gasteiger partial charge in [-0.15, -0.1) is 0 Å². The van der Waals surface area contributed by atoms with Crippen LogP contribution in [0.25, 0.3) is 0 Å². The summed E-state index contributed by atoms with van der Waals surface area (Å²) in [5.41, 5.74) is 0.0183. The molecule has 2 N–H and O–H groups in total. The lowest BCUT2D eigenvalue weighted by atomic mass is 10.1. The number of amides is 1. The number of aryl methyl sites for hydroxylation is 1. The molecule has 1 atom stereocenters. The van der Waals surface area contributed by atoms with Crippen molar-refractivity contribution < 1.29 is 14.3 Å². The molecule has 0 aliphatic rings. The SMILES string of the molecule is CCCn1ncnc1[C@H](C)NC(=O)c1ccc(F)cc1O. The molecule has 1 aromatic carbocycles. The monoisotopic (exact) mass is 292 g/mol. The summed E-state index contributed by atoms with van der Waals surface area (Å²) in [6.07, 6.45) is 2.33. The molecule has 112 valence electrons. The Morgan fingerprint density at radius 1 is 1.52 bits per heavy atom. The van der Waals surface area contributed by atoms with Gasteiger partial charge in [-0.2, -0.15) is 5.10 Å². The highest BCUT2D eigenvalue weighted by atomic mass is 19.1. The first-order valence-electron chi connectivity index (χ1n) is 6.70. The molecule has 0 aliphatic heterocycles. The summed E-state index contributed by atoms with van der Waals surface area (Å²) in [6, 6.07) is 2.89. The Labute approximate surface area is 121 Å². The number of phenolic OH excluding ortho intramolecular Hbond substituents is 1. The van der Waals surface area contributed by atoms with Gasteiger partial charge in [0.25, 0.3) is 5.91 Å².